The lowest BCUT2D eigenvalue weighted by Crippen LogP contribution is -2.50. The standard InChI is InChI=1S/C51H53Cl2FN10O4S/c1-28-29(2)69-48-41(28)44(31-14-16-33(52)17-15-31)56-39(47-60-59-30(3)64(47)48)27-40(66)55-18-10-11-19-61(7)49-57-45-37(46(58-49)62-20-22-63(23-21-62)50(67)68-51(4,5)6)26-38(53)42(43(45)54)36-25-34(65)24-32-12-8-9-13-35(32)36/h8-9,12-17,24-26,39,65H,10-11,18-23,27H2,1-7H3,(H,55,66)/t39-/m0/s1. The first-order valence-electron chi connectivity index (χ1n) is 22.9. The summed E-state index contributed by atoms with van der Waals surface area (Å²) in [7, 11) is 1.85. The lowest BCUT2D eigenvalue weighted by molar-refractivity contribution is -0.121. The number of nitrogens with one attached hydrogen (secondary N) is 1. The lowest BCUT2D eigenvalue weighted by Gasteiger charge is -2.36. The maximum atomic E-state index is 17.3. The molecule has 5 heterocycles. The highest BCUT2D eigenvalue weighted by Gasteiger charge is 2.33. The van der Waals surface area contributed by atoms with E-state index in [2.05, 4.69) is 29.4 Å². The van der Waals surface area contributed by atoms with E-state index < -0.39 is 23.6 Å². The molecule has 69 heavy (non-hydrogen) atoms. The van der Waals surface area contributed by atoms with Crippen LogP contribution in [-0.4, -0.2) is 104 Å². The average Bonchev–Trinajstić information content (AvgIpc) is 3.79. The minimum absolute atomic E-state index is 0.0230. The van der Waals surface area contributed by atoms with Crippen molar-refractivity contribution in [2.45, 2.75) is 72.4 Å². The number of carbonyl (C=O) groups is 2. The van der Waals surface area contributed by atoms with Crippen LogP contribution in [0.4, 0.5) is 21.0 Å². The molecule has 2 aliphatic heterocycles. The molecular formula is C51H53Cl2FN10O4S. The second kappa shape index (κ2) is 19.2. The van der Waals surface area contributed by atoms with Gasteiger partial charge in [0.25, 0.3) is 0 Å². The number of hydrogen-bond donors (Lipinski definition) is 2. The number of aryl methyl sites for hydroxylation is 2. The van der Waals surface area contributed by atoms with Crippen LogP contribution >= 0.6 is 34.5 Å². The van der Waals surface area contributed by atoms with Gasteiger partial charge in [0, 0.05) is 78.3 Å². The van der Waals surface area contributed by atoms with Crippen molar-refractivity contribution in [1.82, 2.24) is 34.9 Å². The molecule has 18 heteroatoms. The first kappa shape index (κ1) is 47.7. The van der Waals surface area contributed by atoms with Crippen LogP contribution in [0.5, 0.6) is 5.75 Å². The van der Waals surface area contributed by atoms with Crippen LogP contribution in [0.25, 0.3) is 37.8 Å². The summed E-state index contributed by atoms with van der Waals surface area (Å²) in [6.45, 7) is 14.0. The third-order valence-electron chi connectivity index (χ3n) is 12.5. The molecule has 0 saturated carbocycles. The highest BCUT2D eigenvalue weighted by molar-refractivity contribution is 7.15. The van der Waals surface area contributed by atoms with E-state index in [1.54, 1.807) is 28.4 Å². The number of phenolic OH excluding ortho intramolecular Hbond substituents is 1. The molecule has 4 aromatic carbocycles. The molecule has 1 saturated heterocycles. The van der Waals surface area contributed by atoms with Gasteiger partial charge in [0.1, 0.15) is 39.6 Å². The SMILES string of the molecule is Cc1sc2c(c1C)C(c1ccc(Cl)cc1)=N[C@@H](CC(=O)NCCCCN(C)c1nc(N3CCN(C(=O)OC(C)(C)C)CC3)c3cc(Cl)c(-c4cc(O)cc5ccccc45)c(F)c3n1)c1nnc(C)n1-2. The summed E-state index contributed by atoms with van der Waals surface area (Å²) in [6.07, 6.45) is 0.959. The molecule has 0 unspecified atom stereocenters. The summed E-state index contributed by atoms with van der Waals surface area (Å²) in [5.41, 5.74) is 3.77. The largest absolute Gasteiger partial charge is 0.508 e. The van der Waals surface area contributed by atoms with Gasteiger partial charge >= 0.3 is 6.09 Å². The van der Waals surface area contributed by atoms with Crippen LogP contribution in [-0.2, 0) is 9.53 Å². The van der Waals surface area contributed by atoms with E-state index >= 15 is 4.39 Å². The average molecular weight is 992 g/mol. The zero-order valence-corrected chi connectivity index (χ0v) is 41.9. The third kappa shape index (κ3) is 9.66. The third-order valence-corrected chi connectivity index (χ3v) is 14.3. The van der Waals surface area contributed by atoms with Crippen molar-refractivity contribution < 1.29 is 23.8 Å². The fraction of sp³-hybridized carbons (Fsp3) is 0.353. The van der Waals surface area contributed by atoms with Crippen LogP contribution in [0.3, 0.4) is 0 Å². The van der Waals surface area contributed by atoms with Gasteiger partial charge in [0.15, 0.2) is 11.6 Å². The van der Waals surface area contributed by atoms with Gasteiger partial charge in [-0.15, -0.1) is 21.5 Å². The zero-order valence-electron chi connectivity index (χ0n) is 39.5. The normalized spacial score (nSPS) is 14.9. The quantitative estimate of drug-likeness (QED) is 0.120. The Kier molecular flexibility index (Phi) is 13.3. The van der Waals surface area contributed by atoms with Crippen molar-refractivity contribution in [2.24, 2.45) is 4.99 Å². The molecule has 358 valence electrons. The molecule has 2 amide bonds. The molecule has 14 nitrogen and oxygen atoms in total. The van der Waals surface area contributed by atoms with E-state index in [-0.39, 0.29) is 34.2 Å². The van der Waals surface area contributed by atoms with Crippen LogP contribution in [0, 0.1) is 26.6 Å². The number of rotatable bonds is 11. The highest BCUT2D eigenvalue weighted by atomic mass is 35.5. The summed E-state index contributed by atoms with van der Waals surface area (Å²) in [5, 5.41) is 26.4. The van der Waals surface area contributed by atoms with Crippen molar-refractivity contribution in [1.29, 1.82) is 0 Å². The Labute approximate surface area is 413 Å². The number of aliphatic imine (C=N–C) groups is 1. The number of thiophene rings is 1. The molecule has 0 bridgehead atoms. The number of unbranched alkanes of at least 4 members (excludes halogenated alkanes) is 1. The van der Waals surface area contributed by atoms with E-state index in [9.17, 15) is 14.7 Å². The van der Waals surface area contributed by atoms with Gasteiger partial charge in [-0.3, -0.25) is 14.4 Å². The Bertz CT molecular complexity index is 3160. The minimum atomic E-state index is -0.644. The maximum Gasteiger partial charge on any atom is 0.410 e. The van der Waals surface area contributed by atoms with E-state index in [4.69, 9.17) is 42.9 Å². The number of halogens is 3. The second-order valence-corrected chi connectivity index (χ2v) is 20.6. The van der Waals surface area contributed by atoms with E-state index in [0.717, 1.165) is 48.9 Å². The Balaban J connectivity index is 0.935. The minimum Gasteiger partial charge on any atom is -0.508 e. The summed E-state index contributed by atoms with van der Waals surface area (Å²) < 4.78 is 24.9. The lowest BCUT2D eigenvalue weighted by atomic mass is 9.96. The van der Waals surface area contributed by atoms with Gasteiger partial charge in [-0.25, -0.2) is 14.2 Å². The molecule has 1 atom stereocenters. The summed E-state index contributed by atoms with van der Waals surface area (Å²) >= 11 is 14.9. The van der Waals surface area contributed by atoms with Crippen LogP contribution in [0.2, 0.25) is 10.0 Å². The molecule has 3 aromatic heterocycles. The molecule has 0 aliphatic carbocycles. The van der Waals surface area contributed by atoms with Gasteiger partial charge in [0.2, 0.25) is 11.9 Å². The summed E-state index contributed by atoms with van der Waals surface area (Å²) in [4.78, 5) is 48.5. The predicted molar refractivity (Wildman–Crippen MR) is 273 cm³/mol. The number of fused-ring (bicyclic) bond motifs is 5. The number of aromatic nitrogens is 5. The van der Waals surface area contributed by atoms with Crippen molar-refractivity contribution >= 4 is 85.7 Å². The first-order valence-corrected chi connectivity index (χ1v) is 24.5. The molecule has 9 rings (SSSR count). The van der Waals surface area contributed by atoms with E-state index in [1.807, 2.05) is 97.6 Å². The summed E-state index contributed by atoms with van der Waals surface area (Å²) in [5.74, 6) is 1.27. The number of nitrogens with zero attached hydrogens (tertiary/aromatic N) is 9. The first-order chi connectivity index (χ1) is 32.9. The van der Waals surface area contributed by atoms with Crippen molar-refractivity contribution in [3.8, 4) is 21.9 Å². The number of phenols is 1. The van der Waals surface area contributed by atoms with Crippen LogP contribution < -0.4 is 15.1 Å². The predicted octanol–water partition coefficient (Wildman–Crippen LogP) is 10.5. The number of aromatic hydroxyl groups is 1. The molecule has 0 spiro atoms. The molecular weight excluding hydrogens is 939 g/mol. The monoisotopic (exact) mass is 990 g/mol. The molecule has 2 aliphatic rings. The number of piperazine rings is 1. The van der Waals surface area contributed by atoms with E-state index in [0.29, 0.717) is 85.7 Å². The van der Waals surface area contributed by atoms with Crippen LogP contribution in [0.1, 0.15) is 79.3 Å². The molecule has 2 N–H and O–H groups in total. The Morgan fingerprint density at radius 1 is 0.942 bits per heavy atom. The van der Waals surface area contributed by atoms with Gasteiger partial charge in [-0.2, -0.15) is 4.98 Å². The van der Waals surface area contributed by atoms with Gasteiger partial charge in [-0.1, -0.05) is 59.6 Å². The molecule has 0 radical (unpaired) electrons. The fourth-order valence-electron chi connectivity index (χ4n) is 8.94. The Hall–Kier alpha value is -6.36. The smallest absolute Gasteiger partial charge is 0.410 e. The number of hydrogen-bond acceptors (Lipinski definition) is 12. The number of benzene rings is 4. The number of amides is 2. The Morgan fingerprint density at radius 3 is 2.42 bits per heavy atom. The van der Waals surface area contributed by atoms with Crippen molar-refractivity contribution in [3.63, 3.8) is 0 Å². The van der Waals surface area contributed by atoms with Gasteiger partial charge < -0.3 is 29.9 Å². The molecule has 7 aromatic rings. The number of carbonyl (C=O) groups excluding carboxylic acids is 2. The van der Waals surface area contributed by atoms with Crippen molar-refractivity contribution in [2.75, 3.05) is 56.1 Å². The number of anilines is 2. The highest BCUT2D eigenvalue weighted by Crippen LogP contribution is 2.43. The fourth-order valence-corrected chi connectivity index (χ4v) is 10.6. The maximum absolute atomic E-state index is 17.3. The van der Waals surface area contributed by atoms with Gasteiger partial charge in [-0.05, 0) is 107 Å². The second-order valence-electron chi connectivity index (χ2n) is 18.5. The van der Waals surface area contributed by atoms with Crippen LogP contribution in [0.15, 0.2) is 71.7 Å². The number of ether oxygens (including phenoxy) is 1. The zero-order chi connectivity index (χ0) is 48.9. The summed E-state index contributed by atoms with van der Waals surface area (Å²) in [6, 6.07) is 19.2. The topological polar surface area (TPSA) is 154 Å². The Morgan fingerprint density at radius 2 is 1.68 bits per heavy atom. The molecule has 1 fully saturated rings. The van der Waals surface area contributed by atoms with Gasteiger partial charge in [0.05, 0.1) is 17.2 Å². The van der Waals surface area contributed by atoms with E-state index in [1.165, 1.54) is 6.07 Å². The van der Waals surface area contributed by atoms with Crippen molar-refractivity contribution in [3.05, 3.63) is 116 Å².